The van der Waals surface area contributed by atoms with Gasteiger partial charge in [-0.15, -0.1) is 0 Å². The van der Waals surface area contributed by atoms with Crippen LogP contribution in [0.15, 0.2) is 24.9 Å². The lowest BCUT2D eigenvalue weighted by atomic mass is 10.4. The highest BCUT2D eigenvalue weighted by Gasteiger charge is 2.11. The van der Waals surface area contributed by atoms with Crippen LogP contribution in [0.2, 0.25) is 0 Å². The Morgan fingerprint density at radius 1 is 1.69 bits per heavy atom. The molecule has 0 aliphatic rings. The van der Waals surface area contributed by atoms with Crippen molar-refractivity contribution >= 4 is 17.3 Å². The highest BCUT2D eigenvalue weighted by molar-refractivity contribution is 5.57. The molecular formula is C7H8N4O2. The van der Waals surface area contributed by atoms with Crippen LogP contribution >= 0.6 is 0 Å². The lowest BCUT2D eigenvalue weighted by Crippen LogP contribution is -2.00. The first-order chi connectivity index (χ1) is 6.15. The van der Waals surface area contributed by atoms with Gasteiger partial charge in [-0.25, -0.2) is 4.98 Å². The molecule has 3 N–H and O–H groups in total. The van der Waals surface area contributed by atoms with Crippen LogP contribution in [0, 0.1) is 10.1 Å². The fourth-order valence-electron chi connectivity index (χ4n) is 0.807. The van der Waals surface area contributed by atoms with Crippen molar-refractivity contribution in [2.24, 2.45) is 0 Å². The van der Waals surface area contributed by atoms with Crippen LogP contribution in [-0.4, -0.2) is 9.91 Å². The van der Waals surface area contributed by atoms with E-state index in [0.29, 0.717) is 5.82 Å². The van der Waals surface area contributed by atoms with Gasteiger partial charge in [0, 0.05) is 6.07 Å². The van der Waals surface area contributed by atoms with Gasteiger partial charge in [0.05, 0.1) is 4.92 Å². The summed E-state index contributed by atoms with van der Waals surface area (Å²) in [6.07, 6.45) is 1.41. The van der Waals surface area contributed by atoms with Crippen molar-refractivity contribution in [3.63, 3.8) is 0 Å². The second kappa shape index (κ2) is 3.53. The van der Waals surface area contributed by atoms with E-state index in [2.05, 4.69) is 16.9 Å². The Labute approximate surface area is 74.2 Å². The number of rotatable bonds is 3. The summed E-state index contributed by atoms with van der Waals surface area (Å²) in [5.41, 5.74) is 5.13. The largest absolute Gasteiger partial charge is 0.378 e. The maximum atomic E-state index is 10.3. The number of hydrogen-bond donors (Lipinski definition) is 2. The van der Waals surface area contributed by atoms with Gasteiger partial charge in [0.15, 0.2) is 0 Å². The molecule has 0 saturated heterocycles. The van der Waals surface area contributed by atoms with Gasteiger partial charge in [-0.05, 0) is 12.3 Å². The van der Waals surface area contributed by atoms with Crippen LogP contribution in [0.4, 0.5) is 17.3 Å². The molecule has 0 bridgehead atoms. The first kappa shape index (κ1) is 8.98. The molecule has 0 fully saturated rings. The zero-order valence-corrected chi connectivity index (χ0v) is 6.73. The maximum absolute atomic E-state index is 10.3. The number of nitro groups is 1. The molecule has 6 nitrogen and oxygen atoms in total. The predicted octanol–water partition coefficient (Wildman–Crippen LogP) is 1.13. The van der Waals surface area contributed by atoms with E-state index in [1.807, 2.05) is 0 Å². The summed E-state index contributed by atoms with van der Waals surface area (Å²) in [7, 11) is 0. The maximum Gasteiger partial charge on any atom is 0.311 e. The van der Waals surface area contributed by atoms with E-state index in [0.717, 1.165) is 0 Å². The van der Waals surface area contributed by atoms with Gasteiger partial charge in [0.25, 0.3) is 0 Å². The molecule has 68 valence electrons. The zero-order valence-electron chi connectivity index (χ0n) is 6.73. The fraction of sp³-hybridized carbons (Fsp3) is 0. The molecule has 0 amide bonds. The average Bonchev–Trinajstić information content (AvgIpc) is 2.04. The number of pyridine rings is 1. The number of nitrogen functional groups attached to an aromatic ring is 1. The van der Waals surface area contributed by atoms with Crippen molar-refractivity contribution in [1.82, 2.24) is 4.98 Å². The lowest BCUT2D eigenvalue weighted by Gasteiger charge is -2.00. The molecule has 13 heavy (non-hydrogen) atoms. The molecule has 0 spiro atoms. The topological polar surface area (TPSA) is 94.1 Å². The van der Waals surface area contributed by atoms with Gasteiger partial charge in [-0.2, -0.15) is 0 Å². The van der Waals surface area contributed by atoms with Crippen molar-refractivity contribution in [3.05, 3.63) is 35.0 Å². The van der Waals surface area contributed by atoms with Crippen LogP contribution in [0.25, 0.3) is 0 Å². The Hall–Kier alpha value is -2.11. The van der Waals surface area contributed by atoms with E-state index in [4.69, 9.17) is 5.73 Å². The summed E-state index contributed by atoms with van der Waals surface area (Å²) >= 11 is 0. The molecule has 6 heteroatoms. The van der Waals surface area contributed by atoms with Crippen LogP contribution in [0.1, 0.15) is 0 Å². The minimum Gasteiger partial charge on any atom is -0.378 e. The van der Waals surface area contributed by atoms with Gasteiger partial charge in [0.1, 0.15) is 5.82 Å². The first-order valence-corrected chi connectivity index (χ1v) is 3.43. The first-order valence-electron chi connectivity index (χ1n) is 3.43. The second-order valence-electron chi connectivity index (χ2n) is 2.21. The number of aromatic nitrogens is 1. The van der Waals surface area contributed by atoms with Gasteiger partial charge < -0.3 is 11.1 Å². The minimum atomic E-state index is -0.583. The number of nitrogens with zero attached hydrogens (tertiary/aromatic N) is 2. The van der Waals surface area contributed by atoms with Crippen molar-refractivity contribution in [1.29, 1.82) is 0 Å². The molecular weight excluding hydrogens is 172 g/mol. The Morgan fingerprint density at radius 3 is 2.85 bits per heavy atom. The average molecular weight is 180 g/mol. The predicted molar refractivity (Wildman–Crippen MR) is 49.1 cm³/mol. The number of nitrogens with one attached hydrogen (secondary N) is 1. The van der Waals surface area contributed by atoms with Gasteiger partial charge in [-0.1, -0.05) is 6.58 Å². The van der Waals surface area contributed by atoms with Crippen LogP contribution in [0.3, 0.4) is 0 Å². The summed E-state index contributed by atoms with van der Waals surface area (Å²) in [6.45, 7) is 3.42. The van der Waals surface area contributed by atoms with Gasteiger partial charge in [0.2, 0.25) is 5.82 Å². The fourth-order valence-corrected chi connectivity index (χ4v) is 0.807. The summed E-state index contributed by atoms with van der Waals surface area (Å²) in [5.74, 6) is 0.315. The van der Waals surface area contributed by atoms with Crippen molar-refractivity contribution in [2.75, 3.05) is 11.1 Å². The third-order valence-electron chi connectivity index (χ3n) is 1.35. The molecule has 0 atom stereocenters. The Kier molecular flexibility index (Phi) is 2.44. The monoisotopic (exact) mass is 180 g/mol. The van der Waals surface area contributed by atoms with E-state index >= 15 is 0 Å². The molecule has 1 aromatic rings. The molecule has 0 unspecified atom stereocenters. The molecule has 0 saturated carbocycles. The Balaban J connectivity index is 3.05. The zero-order chi connectivity index (χ0) is 9.84. The van der Waals surface area contributed by atoms with Gasteiger partial charge in [-0.3, -0.25) is 10.1 Å². The summed E-state index contributed by atoms with van der Waals surface area (Å²) in [6, 6.07) is 2.74. The highest BCUT2D eigenvalue weighted by Crippen LogP contribution is 2.20. The lowest BCUT2D eigenvalue weighted by molar-refractivity contribution is -0.384. The quantitative estimate of drug-likeness (QED) is 0.537. The number of anilines is 2. The number of hydrogen-bond acceptors (Lipinski definition) is 5. The third-order valence-corrected chi connectivity index (χ3v) is 1.35. The smallest absolute Gasteiger partial charge is 0.311 e. The van der Waals surface area contributed by atoms with E-state index in [9.17, 15) is 10.1 Å². The summed E-state index contributed by atoms with van der Waals surface area (Å²) < 4.78 is 0. The van der Waals surface area contributed by atoms with Crippen LogP contribution in [0.5, 0.6) is 0 Å². The van der Waals surface area contributed by atoms with Crippen molar-refractivity contribution in [2.45, 2.75) is 0 Å². The number of nitrogens with two attached hydrogens (primary N) is 1. The van der Waals surface area contributed by atoms with Crippen molar-refractivity contribution < 1.29 is 4.92 Å². The summed E-state index contributed by atoms with van der Waals surface area (Å²) in [5, 5.41) is 13.0. The Morgan fingerprint density at radius 2 is 2.38 bits per heavy atom. The second-order valence-corrected chi connectivity index (χ2v) is 2.21. The molecule has 0 aliphatic carbocycles. The van der Waals surface area contributed by atoms with Crippen LogP contribution in [-0.2, 0) is 0 Å². The SMILES string of the molecule is C=CNc1ccc([N+](=O)[O-])c(N)n1. The Bertz CT molecular complexity index is 350. The highest BCUT2D eigenvalue weighted by atomic mass is 16.6. The van der Waals surface area contributed by atoms with E-state index in [1.165, 1.54) is 18.3 Å². The molecule has 0 aliphatic heterocycles. The molecule has 1 aromatic heterocycles. The molecule has 0 aromatic carbocycles. The van der Waals surface area contributed by atoms with Crippen molar-refractivity contribution in [3.8, 4) is 0 Å². The van der Waals surface area contributed by atoms with Gasteiger partial charge >= 0.3 is 5.69 Å². The third kappa shape index (κ3) is 1.92. The van der Waals surface area contributed by atoms with E-state index in [-0.39, 0.29) is 11.5 Å². The normalized spacial score (nSPS) is 9.23. The minimum absolute atomic E-state index is 0.114. The molecule has 0 radical (unpaired) electrons. The van der Waals surface area contributed by atoms with E-state index < -0.39 is 4.92 Å². The standard InChI is InChI=1S/C7H8N4O2/c1-2-9-6-4-3-5(11(12)13)7(8)10-6/h2-4H,1H2,(H3,8,9,10). The summed E-state index contributed by atoms with van der Waals surface area (Å²) in [4.78, 5) is 13.5. The van der Waals surface area contributed by atoms with Crippen LogP contribution < -0.4 is 11.1 Å². The molecule has 1 rings (SSSR count). The molecule has 1 heterocycles. The van der Waals surface area contributed by atoms with E-state index in [1.54, 1.807) is 0 Å².